The molecule has 2 fully saturated rings. The van der Waals surface area contributed by atoms with Crippen molar-refractivity contribution in [1.29, 1.82) is 0 Å². The van der Waals surface area contributed by atoms with Gasteiger partial charge in [-0.15, -0.1) is 5.54 Å². The lowest BCUT2D eigenvalue weighted by Crippen LogP contribution is -2.65. The van der Waals surface area contributed by atoms with Crippen molar-refractivity contribution in [2.45, 2.75) is 168 Å². The number of piperazine rings is 1. The van der Waals surface area contributed by atoms with Crippen LogP contribution in [-0.4, -0.2) is 90.0 Å². The van der Waals surface area contributed by atoms with Gasteiger partial charge in [0, 0.05) is 35.7 Å². The summed E-state index contributed by atoms with van der Waals surface area (Å²) in [7, 11) is -0.821. The highest BCUT2D eigenvalue weighted by molar-refractivity contribution is 6.90. The van der Waals surface area contributed by atoms with E-state index >= 15 is 8.78 Å². The summed E-state index contributed by atoms with van der Waals surface area (Å²) in [6, 6.07) is 5.74. The Morgan fingerprint density at radius 2 is 1.68 bits per heavy atom. The number of carbonyl (C=O) groups excluding carboxylic acids is 1. The standard InChI is InChI=1S/C50H66F2N4O6Si/c1-27(2)63(28(3)4,29(5)6)22-20-35-37(51)17-15-32-23-34(60-26-59-14)24-36(41(32)35)44-43(52)40-30(7)38(19-21-50(12,13)58)53-46-42(40)47(54-44)61-31(8)45-39-18-16-33(25-55(45)46)56(39)48(57)62-49(9,10)11/h15,17,23-24,27-29,31,33,39,45,58H,16,18-19,21,25-26H2,1-14H3/t31-,33+,39-,45+/m0/s1. The van der Waals surface area contributed by atoms with Gasteiger partial charge in [-0.3, -0.25) is 4.90 Å². The first kappa shape index (κ1) is 46.5. The van der Waals surface area contributed by atoms with Crippen LogP contribution >= 0.6 is 0 Å². The van der Waals surface area contributed by atoms with Crippen molar-refractivity contribution in [3.8, 4) is 34.4 Å². The molecule has 2 saturated heterocycles. The molecule has 63 heavy (non-hydrogen) atoms. The second-order valence-electron chi connectivity index (χ2n) is 20.5. The molecule has 10 nitrogen and oxygen atoms in total. The van der Waals surface area contributed by atoms with Crippen LogP contribution in [0.15, 0.2) is 24.3 Å². The summed E-state index contributed by atoms with van der Waals surface area (Å²) in [5, 5.41) is 12.6. The number of hydrogen-bond acceptors (Lipinski definition) is 9. The van der Waals surface area contributed by atoms with E-state index < -0.39 is 37.0 Å². The number of halogens is 2. The number of amides is 1. The van der Waals surface area contributed by atoms with Crippen LogP contribution in [0.2, 0.25) is 16.6 Å². The van der Waals surface area contributed by atoms with Crippen molar-refractivity contribution >= 4 is 41.5 Å². The van der Waals surface area contributed by atoms with E-state index in [-0.39, 0.29) is 53.5 Å². The lowest BCUT2D eigenvalue weighted by molar-refractivity contribution is 0.000944. The third-order valence-electron chi connectivity index (χ3n) is 13.6. The summed E-state index contributed by atoms with van der Waals surface area (Å²) >= 11 is 0. The number of anilines is 1. The van der Waals surface area contributed by atoms with Gasteiger partial charge in [0.15, 0.2) is 12.6 Å². The molecule has 3 aliphatic rings. The molecule has 0 saturated carbocycles. The van der Waals surface area contributed by atoms with Crippen LogP contribution in [0.1, 0.15) is 119 Å². The van der Waals surface area contributed by atoms with E-state index in [2.05, 4.69) is 57.9 Å². The molecule has 0 radical (unpaired) electrons. The molecule has 0 aliphatic carbocycles. The number of pyridine rings is 2. The lowest BCUT2D eigenvalue weighted by atomic mass is 9.93. The summed E-state index contributed by atoms with van der Waals surface area (Å²) in [5.41, 5.74) is 4.57. The Bertz CT molecular complexity index is 2460. The van der Waals surface area contributed by atoms with Gasteiger partial charge in [0.1, 0.15) is 42.9 Å². The van der Waals surface area contributed by atoms with Crippen molar-refractivity contribution in [2.75, 3.05) is 25.3 Å². The molecule has 4 atom stereocenters. The maximum atomic E-state index is 18.3. The second-order valence-corrected chi connectivity index (χ2v) is 26.1. The highest BCUT2D eigenvalue weighted by atomic mass is 28.3. The quantitative estimate of drug-likeness (QED) is 0.0946. The number of methoxy groups -OCH3 is 1. The predicted octanol–water partition coefficient (Wildman–Crippen LogP) is 11.0. The molecule has 3 aliphatic heterocycles. The lowest BCUT2D eigenvalue weighted by Gasteiger charge is -2.48. The van der Waals surface area contributed by atoms with Gasteiger partial charge in [-0.05, 0) is 120 Å². The highest BCUT2D eigenvalue weighted by Gasteiger charge is 2.54. The number of aliphatic hydroxyl groups is 1. The first-order valence-electron chi connectivity index (χ1n) is 22.6. The Labute approximate surface area is 373 Å². The fourth-order valence-corrected chi connectivity index (χ4v) is 16.0. The van der Waals surface area contributed by atoms with Crippen molar-refractivity contribution in [3.05, 3.63) is 52.7 Å². The van der Waals surface area contributed by atoms with E-state index in [1.807, 2.05) is 39.5 Å². The Hall–Kier alpha value is -4.51. The number of rotatable bonds is 10. The first-order valence-corrected chi connectivity index (χ1v) is 24.8. The minimum absolute atomic E-state index is 0.0447. The monoisotopic (exact) mass is 884 g/mol. The van der Waals surface area contributed by atoms with Crippen LogP contribution in [0.25, 0.3) is 32.8 Å². The Morgan fingerprint density at radius 3 is 2.30 bits per heavy atom. The predicted molar refractivity (Wildman–Crippen MR) is 248 cm³/mol. The van der Waals surface area contributed by atoms with Gasteiger partial charge in [-0.1, -0.05) is 53.5 Å². The number of ether oxygens (including phenoxy) is 4. The molecule has 0 spiro atoms. The summed E-state index contributed by atoms with van der Waals surface area (Å²) in [6.45, 7) is 26.5. The number of carbonyl (C=O) groups is 1. The van der Waals surface area contributed by atoms with Gasteiger partial charge >= 0.3 is 6.09 Å². The minimum atomic E-state index is -2.34. The van der Waals surface area contributed by atoms with E-state index in [4.69, 9.17) is 28.9 Å². The average Bonchev–Trinajstić information content (AvgIpc) is 3.43. The van der Waals surface area contributed by atoms with E-state index in [0.29, 0.717) is 80.6 Å². The normalized spacial score (nSPS) is 20.0. The van der Waals surface area contributed by atoms with Crippen LogP contribution in [0.5, 0.6) is 11.6 Å². The van der Waals surface area contributed by atoms with Crippen molar-refractivity contribution < 1.29 is 37.6 Å². The maximum absolute atomic E-state index is 18.3. The van der Waals surface area contributed by atoms with Crippen LogP contribution in [0.3, 0.4) is 0 Å². The van der Waals surface area contributed by atoms with Gasteiger partial charge in [0.25, 0.3) is 0 Å². The topological polar surface area (TPSA) is 106 Å². The van der Waals surface area contributed by atoms with E-state index in [1.54, 1.807) is 32.0 Å². The summed E-state index contributed by atoms with van der Waals surface area (Å²) in [5.74, 6) is 3.34. The molecule has 1 amide bonds. The Morgan fingerprint density at radius 1 is 1.00 bits per heavy atom. The van der Waals surface area contributed by atoms with Crippen molar-refractivity contribution in [3.63, 3.8) is 0 Å². The van der Waals surface area contributed by atoms with Crippen molar-refractivity contribution in [1.82, 2.24) is 14.9 Å². The molecular formula is C50H66F2N4O6Si. The summed E-state index contributed by atoms with van der Waals surface area (Å²) < 4.78 is 59.0. The van der Waals surface area contributed by atoms with Crippen LogP contribution < -0.4 is 14.4 Å². The molecule has 0 unspecified atom stereocenters. The summed E-state index contributed by atoms with van der Waals surface area (Å²) in [4.78, 5) is 28.2. The first-order chi connectivity index (χ1) is 29.5. The van der Waals surface area contributed by atoms with Gasteiger partial charge in [-0.25, -0.2) is 23.5 Å². The smallest absolute Gasteiger partial charge is 0.410 e. The number of fused-ring (bicyclic) bond motifs is 6. The number of hydrogen-bond donors (Lipinski definition) is 1. The fourth-order valence-electron chi connectivity index (χ4n) is 10.8. The van der Waals surface area contributed by atoms with E-state index in [1.165, 1.54) is 13.2 Å². The molecule has 2 aromatic heterocycles. The van der Waals surface area contributed by atoms with E-state index in [0.717, 1.165) is 12.8 Å². The Balaban J connectivity index is 1.52. The maximum Gasteiger partial charge on any atom is 0.410 e. The summed E-state index contributed by atoms with van der Waals surface area (Å²) in [6.07, 6.45) is 1.35. The minimum Gasteiger partial charge on any atom is -0.472 e. The number of nitrogens with zero attached hydrogens (tertiary/aromatic N) is 4. The number of aryl methyl sites for hydroxylation is 2. The molecular weight excluding hydrogens is 819 g/mol. The third-order valence-corrected chi connectivity index (χ3v) is 19.9. The number of aromatic nitrogens is 2. The third kappa shape index (κ3) is 8.48. The highest BCUT2D eigenvalue weighted by Crippen LogP contribution is 2.49. The molecule has 13 heteroatoms. The molecule has 2 bridgehead atoms. The second kappa shape index (κ2) is 17.1. The zero-order valence-electron chi connectivity index (χ0n) is 39.6. The molecule has 4 aromatic rings. The van der Waals surface area contributed by atoms with Gasteiger partial charge < -0.3 is 29.0 Å². The van der Waals surface area contributed by atoms with Gasteiger partial charge in [-0.2, -0.15) is 0 Å². The van der Waals surface area contributed by atoms with Crippen LogP contribution in [0.4, 0.5) is 19.4 Å². The largest absolute Gasteiger partial charge is 0.472 e. The molecule has 7 rings (SSSR count). The molecule has 5 heterocycles. The SMILES string of the molecule is COCOc1cc(-c2nc3c4c(nc(CCC(C)(C)O)c(C)c4c2F)N2C[C@H]4CC[C@@H]([C@H]2[C@H](C)O3)N4C(=O)OC(C)(C)C)c2c(C#C[Si](C(C)C)(C(C)C)C(C)C)c(F)ccc2c1. The van der Waals surface area contributed by atoms with E-state index in [9.17, 15) is 9.90 Å². The zero-order valence-corrected chi connectivity index (χ0v) is 40.6. The fraction of sp³-hybridized carbons (Fsp3) is 0.580. The van der Waals surface area contributed by atoms with Crippen molar-refractivity contribution in [2.24, 2.45) is 0 Å². The molecule has 340 valence electrons. The van der Waals surface area contributed by atoms with Crippen LogP contribution in [0, 0.1) is 30.0 Å². The number of benzene rings is 2. The van der Waals surface area contributed by atoms with Crippen LogP contribution in [-0.2, 0) is 15.9 Å². The van der Waals surface area contributed by atoms with Gasteiger partial charge in [0.05, 0.1) is 34.7 Å². The molecule has 2 aromatic carbocycles. The Kier molecular flexibility index (Phi) is 12.6. The zero-order chi connectivity index (χ0) is 46.1. The van der Waals surface area contributed by atoms with Gasteiger partial charge in [0.2, 0.25) is 5.88 Å². The average molecular weight is 885 g/mol. The molecule has 1 N–H and O–H groups in total.